The highest BCUT2D eigenvalue weighted by atomic mass is 16.4. The molecular weight excluding hydrogens is 262 g/mol. The van der Waals surface area contributed by atoms with E-state index in [-0.39, 0.29) is 17.3 Å². The second kappa shape index (κ2) is 5.48. The molecule has 0 radical (unpaired) electrons. The number of amides is 2. The van der Waals surface area contributed by atoms with Crippen molar-refractivity contribution in [2.24, 2.45) is 5.92 Å². The molecular formula is C12H19N5O3. The number of hydrogen-bond donors (Lipinski definition) is 3. The Kier molecular flexibility index (Phi) is 3.91. The molecule has 0 atom stereocenters. The van der Waals surface area contributed by atoms with Crippen molar-refractivity contribution in [3.8, 4) is 0 Å². The molecule has 1 aromatic rings. The van der Waals surface area contributed by atoms with Crippen molar-refractivity contribution in [2.75, 3.05) is 6.54 Å². The first-order chi connectivity index (χ1) is 9.38. The number of carbonyl (C=O) groups is 2. The number of urea groups is 1. The van der Waals surface area contributed by atoms with Crippen LogP contribution in [0.4, 0.5) is 4.79 Å². The Bertz CT molecular complexity index is 507. The van der Waals surface area contributed by atoms with Crippen LogP contribution >= 0.6 is 0 Å². The third kappa shape index (κ3) is 3.69. The van der Waals surface area contributed by atoms with Crippen molar-refractivity contribution in [1.82, 2.24) is 25.6 Å². The van der Waals surface area contributed by atoms with Gasteiger partial charge in [0.25, 0.3) is 0 Å². The van der Waals surface area contributed by atoms with Crippen LogP contribution in [0.3, 0.4) is 0 Å². The van der Waals surface area contributed by atoms with Crippen molar-refractivity contribution in [1.29, 1.82) is 0 Å². The Morgan fingerprint density at radius 3 is 2.75 bits per heavy atom. The van der Waals surface area contributed by atoms with Crippen LogP contribution in [0.5, 0.6) is 0 Å². The first-order valence-electron chi connectivity index (χ1n) is 6.58. The maximum absolute atomic E-state index is 11.7. The lowest BCUT2D eigenvalue weighted by molar-refractivity contribution is 0.0690. The minimum atomic E-state index is -1.12. The molecule has 20 heavy (non-hydrogen) atoms. The summed E-state index contributed by atoms with van der Waals surface area (Å²) in [7, 11) is 0. The van der Waals surface area contributed by atoms with E-state index in [1.807, 2.05) is 13.8 Å². The summed E-state index contributed by atoms with van der Waals surface area (Å²) in [6, 6.07) is -0.222. The van der Waals surface area contributed by atoms with Gasteiger partial charge >= 0.3 is 12.0 Å². The molecule has 1 aliphatic rings. The second-order valence-corrected chi connectivity index (χ2v) is 5.55. The maximum atomic E-state index is 11.7. The molecule has 0 bridgehead atoms. The zero-order valence-electron chi connectivity index (χ0n) is 11.6. The van der Waals surface area contributed by atoms with Crippen molar-refractivity contribution in [3.05, 3.63) is 11.9 Å². The molecule has 8 nitrogen and oxygen atoms in total. The zero-order chi connectivity index (χ0) is 14.8. The number of rotatable bonds is 6. The third-order valence-electron chi connectivity index (χ3n) is 3.42. The van der Waals surface area contributed by atoms with E-state index in [0.717, 1.165) is 12.8 Å². The van der Waals surface area contributed by atoms with Gasteiger partial charge in [-0.2, -0.15) is 0 Å². The van der Waals surface area contributed by atoms with Crippen molar-refractivity contribution in [3.63, 3.8) is 0 Å². The molecule has 2 rings (SSSR count). The molecule has 110 valence electrons. The monoisotopic (exact) mass is 281 g/mol. The summed E-state index contributed by atoms with van der Waals surface area (Å²) in [5.74, 6) is -0.560. The van der Waals surface area contributed by atoms with Crippen LogP contribution in [-0.4, -0.2) is 44.2 Å². The Labute approximate surface area is 116 Å². The fourth-order valence-electron chi connectivity index (χ4n) is 2.03. The second-order valence-electron chi connectivity index (χ2n) is 5.55. The molecule has 8 heteroatoms. The molecule has 0 saturated heterocycles. The normalized spacial score (nSPS) is 14.9. The lowest BCUT2D eigenvalue weighted by atomic mass is 9.99. The Balaban J connectivity index is 1.72. The van der Waals surface area contributed by atoms with Gasteiger partial charge in [-0.25, -0.2) is 14.3 Å². The smallest absolute Gasteiger partial charge is 0.358 e. The maximum Gasteiger partial charge on any atom is 0.358 e. The van der Waals surface area contributed by atoms with Gasteiger partial charge in [0.2, 0.25) is 0 Å². The van der Waals surface area contributed by atoms with Gasteiger partial charge in [-0.05, 0) is 32.6 Å². The number of aromatic nitrogens is 3. The predicted octanol–water partition coefficient (Wildman–Crippen LogP) is 0.464. The van der Waals surface area contributed by atoms with Gasteiger partial charge in [-0.3, -0.25) is 0 Å². The highest BCUT2D eigenvalue weighted by Gasteiger charge is 2.38. The molecule has 0 spiro atoms. The van der Waals surface area contributed by atoms with Gasteiger partial charge in [-0.15, -0.1) is 5.10 Å². The summed E-state index contributed by atoms with van der Waals surface area (Å²) in [6.07, 6.45) is 3.64. The van der Waals surface area contributed by atoms with E-state index in [9.17, 15) is 9.59 Å². The van der Waals surface area contributed by atoms with Gasteiger partial charge in [0.05, 0.1) is 12.7 Å². The van der Waals surface area contributed by atoms with Crippen molar-refractivity contribution >= 4 is 12.0 Å². The number of carboxylic acids is 1. The highest BCUT2D eigenvalue weighted by Crippen LogP contribution is 2.38. The first-order valence-corrected chi connectivity index (χ1v) is 6.58. The largest absolute Gasteiger partial charge is 0.476 e. The van der Waals surface area contributed by atoms with Crippen LogP contribution in [-0.2, 0) is 6.54 Å². The zero-order valence-corrected chi connectivity index (χ0v) is 11.6. The Hall–Kier alpha value is -2.12. The number of carboxylic acid groups (broad SMARTS) is 1. The number of nitrogens with one attached hydrogen (secondary N) is 2. The van der Waals surface area contributed by atoms with Gasteiger partial charge in [0.1, 0.15) is 0 Å². The Morgan fingerprint density at radius 2 is 2.20 bits per heavy atom. The first kappa shape index (κ1) is 14.3. The summed E-state index contributed by atoms with van der Waals surface area (Å²) in [4.78, 5) is 22.4. The quantitative estimate of drug-likeness (QED) is 0.702. The molecule has 1 saturated carbocycles. The van der Waals surface area contributed by atoms with E-state index in [1.54, 1.807) is 0 Å². The summed E-state index contributed by atoms with van der Waals surface area (Å²) in [6.45, 7) is 4.76. The predicted molar refractivity (Wildman–Crippen MR) is 70.3 cm³/mol. The fourth-order valence-corrected chi connectivity index (χ4v) is 2.03. The van der Waals surface area contributed by atoms with E-state index in [2.05, 4.69) is 20.9 Å². The van der Waals surface area contributed by atoms with E-state index in [1.165, 1.54) is 10.9 Å². The lowest BCUT2D eigenvalue weighted by Crippen LogP contribution is -2.50. The van der Waals surface area contributed by atoms with Gasteiger partial charge in [-0.1, -0.05) is 5.21 Å². The Morgan fingerprint density at radius 1 is 1.50 bits per heavy atom. The van der Waals surface area contributed by atoms with E-state index in [4.69, 9.17) is 5.11 Å². The molecule has 1 aliphatic carbocycles. The van der Waals surface area contributed by atoms with Crippen molar-refractivity contribution < 1.29 is 14.7 Å². The third-order valence-corrected chi connectivity index (χ3v) is 3.42. The van der Waals surface area contributed by atoms with Crippen LogP contribution in [0.15, 0.2) is 6.20 Å². The molecule has 2 amide bonds. The molecule has 0 unspecified atom stereocenters. The average Bonchev–Trinajstić information content (AvgIpc) is 3.10. The summed E-state index contributed by atoms with van der Waals surface area (Å²) in [5.41, 5.74) is -0.294. The topological polar surface area (TPSA) is 109 Å². The molecule has 1 fully saturated rings. The van der Waals surface area contributed by atoms with Gasteiger partial charge in [0, 0.05) is 12.1 Å². The van der Waals surface area contributed by atoms with E-state index in [0.29, 0.717) is 19.0 Å². The van der Waals surface area contributed by atoms with E-state index < -0.39 is 5.97 Å². The fraction of sp³-hybridized carbons (Fsp3) is 0.667. The highest BCUT2D eigenvalue weighted by molar-refractivity contribution is 5.84. The average molecular weight is 281 g/mol. The van der Waals surface area contributed by atoms with Crippen LogP contribution in [0.25, 0.3) is 0 Å². The summed E-state index contributed by atoms with van der Waals surface area (Å²) < 4.78 is 1.38. The van der Waals surface area contributed by atoms with Crippen LogP contribution in [0.1, 0.15) is 37.2 Å². The molecule has 0 aliphatic heterocycles. The van der Waals surface area contributed by atoms with Gasteiger partial charge < -0.3 is 15.7 Å². The molecule has 3 N–H and O–H groups in total. The molecule has 1 aromatic heterocycles. The summed E-state index contributed by atoms with van der Waals surface area (Å²) in [5, 5.41) is 21.5. The minimum absolute atomic E-state index is 0.107. The van der Waals surface area contributed by atoms with Gasteiger partial charge in [0.15, 0.2) is 5.69 Å². The van der Waals surface area contributed by atoms with E-state index >= 15 is 0 Å². The van der Waals surface area contributed by atoms with Crippen molar-refractivity contribution in [2.45, 2.75) is 38.8 Å². The lowest BCUT2D eigenvalue weighted by Gasteiger charge is -2.26. The van der Waals surface area contributed by atoms with Crippen LogP contribution in [0.2, 0.25) is 0 Å². The standard InChI is InChI=1S/C12H19N5O3/c1-12(2,8-3-4-8)14-11(20)13-5-6-17-7-9(10(18)19)15-16-17/h7-8H,3-6H2,1-2H3,(H,18,19)(H2,13,14,20). The SMILES string of the molecule is CC(C)(NC(=O)NCCn1cc(C(=O)O)nn1)C1CC1. The number of carbonyl (C=O) groups excluding carboxylic acids is 1. The minimum Gasteiger partial charge on any atom is -0.476 e. The summed E-state index contributed by atoms with van der Waals surface area (Å²) >= 11 is 0. The number of hydrogen-bond acceptors (Lipinski definition) is 4. The molecule has 0 aromatic carbocycles. The number of aromatic carboxylic acids is 1. The van der Waals surface area contributed by atoms with Crippen LogP contribution in [0, 0.1) is 5.92 Å². The molecule has 1 heterocycles. The van der Waals surface area contributed by atoms with Crippen LogP contribution < -0.4 is 10.6 Å². The number of nitrogens with zero attached hydrogens (tertiary/aromatic N) is 3.